The molecule has 0 heterocycles. The summed E-state index contributed by atoms with van der Waals surface area (Å²) in [6.07, 6.45) is 0. The van der Waals surface area contributed by atoms with Crippen molar-refractivity contribution in [2.24, 2.45) is 0 Å². The minimum Gasteiger partial charge on any atom is -0.374 e. The third-order valence-electron chi connectivity index (χ3n) is 2.59. The number of para-hydroxylation sites is 1. The summed E-state index contributed by atoms with van der Waals surface area (Å²) < 4.78 is 0. The summed E-state index contributed by atoms with van der Waals surface area (Å²) in [6.45, 7) is 0.00239. The topological polar surface area (TPSA) is 41.1 Å². The predicted molar refractivity (Wildman–Crippen MR) is 90.0 cm³/mol. The average Bonchev–Trinajstić information content (AvgIpc) is 2.41. The van der Waals surface area contributed by atoms with Crippen molar-refractivity contribution in [1.82, 2.24) is 0 Å². The highest BCUT2D eigenvalue weighted by atomic mass is 35.5. The molecule has 2 rings (SSSR count). The first-order valence-corrected chi connectivity index (χ1v) is 7.41. The number of hydrogen-bond donors (Lipinski definition) is 2. The molecule has 0 aliphatic carbocycles. The Morgan fingerprint density at radius 1 is 0.952 bits per heavy atom. The van der Waals surface area contributed by atoms with Gasteiger partial charge in [-0.25, -0.2) is 0 Å². The van der Waals surface area contributed by atoms with Crippen LogP contribution in [0.3, 0.4) is 0 Å². The molecule has 3 nitrogen and oxygen atoms in total. The van der Waals surface area contributed by atoms with Crippen LogP contribution < -0.4 is 10.6 Å². The molecule has 0 fully saturated rings. The van der Waals surface area contributed by atoms with Crippen molar-refractivity contribution in [3.05, 3.63) is 56.5 Å². The van der Waals surface area contributed by atoms with Crippen LogP contribution in [0.4, 0.5) is 11.4 Å². The molecule has 0 saturated heterocycles. The normalized spacial score (nSPS) is 10.3. The molecule has 110 valence electrons. The zero-order chi connectivity index (χ0) is 15.4. The van der Waals surface area contributed by atoms with Crippen LogP contribution in [0, 0.1) is 0 Å². The molecular formula is C14H10Cl4N2O. The molecule has 0 saturated carbocycles. The number of rotatable bonds is 4. The highest BCUT2D eigenvalue weighted by molar-refractivity contribution is 6.39. The molecule has 0 aliphatic rings. The van der Waals surface area contributed by atoms with Crippen molar-refractivity contribution < 1.29 is 4.79 Å². The van der Waals surface area contributed by atoms with Crippen molar-refractivity contribution in [2.75, 3.05) is 17.2 Å². The highest BCUT2D eigenvalue weighted by Crippen LogP contribution is 2.29. The van der Waals surface area contributed by atoms with Gasteiger partial charge in [0.05, 0.1) is 33.0 Å². The Bertz CT molecular complexity index is 656. The van der Waals surface area contributed by atoms with Crippen LogP contribution in [0.5, 0.6) is 0 Å². The Balaban J connectivity index is 1.99. The smallest absolute Gasteiger partial charge is 0.243 e. The standard InChI is InChI=1S/C14H10Cl4N2O/c15-8-4-5-12(11(18)6-8)20-13(21)7-19-14-9(16)2-1-3-10(14)17/h1-6,19H,7H2,(H,20,21). The zero-order valence-electron chi connectivity index (χ0n) is 10.6. The summed E-state index contributed by atoms with van der Waals surface area (Å²) in [4.78, 5) is 11.9. The second kappa shape index (κ2) is 7.23. The number of carbonyl (C=O) groups excluding carboxylic acids is 1. The number of hydrogen-bond acceptors (Lipinski definition) is 2. The molecule has 1 amide bonds. The molecule has 0 aromatic heterocycles. The van der Waals surface area contributed by atoms with Gasteiger partial charge in [-0.15, -0.1) is 0 Å². The van der Waals surface area contributed by atoms with Gasteiger partial charge in [-0.3, -0.25) is 4.79 Å². The summed E-state index contributed by atoms with van der Waals surface area (Å²) in [5, 5.41) is 7.31. The summed E-state index contributed by atoms with van der Waals surface area (Å²) >= 11 is 23.8. The lowest BCUT2D eigenvalue weighted by Gasteiger charge is -2.11. The lowest BCUT2D eigenvalue weighted by Crippen LogP contribution is -2.22. The van der Waals surface area contributed by atoms with Gasteiger partial charge in [0, 0.05) is 5.02 Å². The quantitative estimate of drug-likeness (QED) is 0.768. The maximum absolute atomic E-state index is 11.9. The van der Waals surface area contributed by atoms with Crippen molar-refractivity contribution in [3.8, 4) is 0 Å². The van der Waals surface area contributed by atoms with Crippen LogP contribution >= 0.6 is 46.4 Å². The van der Waals surface area contributed by atoms with E-state index in [1.54, 1.807) is 36.4 Å². The van der Waals surface area contributed by atoms with E-state index in [2.05, 4.69) is 10.6 Å². The van der Waals surface area contributed by atoms with Crippen LogP contribution in [-0.4, -0.2) is 12.5 Å². The molecule has 21 heavy (non-hydrogen) atoms. The van der Waals surface area contributed by atoms with Crippen LogP contribution in [0.25, 0.3) is 0 Å². The summed E-state index contributed by atoms with van der Waals surface area (Å²) in [7, 11) is 0. The van der Waals surface area contributed by atoms with Crippen LogP contribution in [0.1, 0.15) is 0 Å². The van der Waals surface area contributed by atoms with E-state index < -0.39 is 0 Å². The predicted octanol–water partition coefficient (Wildman–Crippen LogP) is 5.35. The SMILES string of the molecule is O=C(CNc1c(Cl)cccc1Cl)Nc1ccc(Cl)cc1Cl. The number of amides is 1. The Kier molecular flexibility index (Phi) is 5.59. The average molecular weight is 364 g/mol. The first kappa shape index (κ1) is 16.2. The third kappa shape index (κ3) is 4.42. The molecule has 2 N–H and O–H groups in total. The number of nitrogens with one attached hydrogen (secondary N) is 2. The molecule has 2 aromatic rings. The zero-order valence-corrected chi connectivity index (χ0v) is 13.6. The van der Waals surface area contributed by atoms with E-state index in [9.17, 15) is 4.79 Å². The van der Waals surface area contributed by atoms with E-state index in [0.29, 0.717) is 31.5 Å². The number of carbonyl (C=O) groups is 1. The number of halogens is 4. The fraction of sp³-hybridized carbons (Fsp3) is 0.0714. The lowest BCUT2D eigenvalue weighted by molar-refractivity contribution is -0.114. The Morgan fingerprint density at radius 3 is 2.24 bits per heavy atom. The van der Waals surface area contributed by atoms with Gasteiger partial charge in [0.25, 0.3) is 0 Å². The van der Waals surface area contributed by atoms with Gasteiger partial charge in [-0.2, -0.15) is 0 Å². The largest absolute Gasteiger partial charge is 0.374 e. The maximum Gasteiger partial charge on any atom is 0.243 e. The minimum atomic E-state index is -0.282. The molecule has 0 radical (unpaired) electrons. The third-order valence-corrected chi connectivity index (χ3v) is 3.77. The molecule has 0 atom stereocenters. The lowest BCUT2D eigenvalue weighted by atomic mass is 10.3. The Labute approximate surface area is 142 Å². The summed E-state index contributed by atoms with van der Waals surface area (Å²) in [5.41, 5.74) is 0.997. The molecule has 2 aromatic carbocycles. The van der Waals surface area contributed by atoms with Crippen molar-refractivity contribution >= 4 is 63.7 Å². The van der Waals surface area contributed by atoms with Gasteiger partial charge in [0.15, 0.2) is 0 Å². The first-order chi connectivity index (χ1) is 9.97. The Morgan fingerprint density at radius 2 is 1.62 bits per heavy atom. The van der Waals surface area contributed by atoms with E-state index in [1.165, 1.54) is 0 Å². The van der Waals surface area contributed by atoms with E-state index in [0.717, 1.165) is 0 Å². The molecular weight excluding hydrogens is 354 g/mol. The van der Waals surface area contributed by atoms with E-state index in [1.807, 2.05) is 0 Å². The van der Waals surface area contributed by atoms with E-state index in [4.69, 9.17) is 46.4 Å². The second-order valence-corrected chi connectivity index (χ2v) is 5.78. The van der Waals surface area contributed by atoms with Gasteiger partial charge in [0.2, 0.25) is 5.91 Å². The molecule has 0 unspecified atom stereocenters. The van der Waals surface area contributed by atoms with E-state index >= 15 is 0 Å². The second-order valence-electron chi connectivity index (χ2n) is 4.12. The molecule has 0 spiro atoms. The van der Waals surface area contributed by atoms with Gasteiger partial charge in [0.1, 0.15) is 0 Å². The van der Waals surface area contributed by atoms with Gasteiger partial charge in [-0.05, 0) is 30.3 Å². The van der Waals surface area contributed by atoms with Crippen LogP contribution in [0.15, 0.2) is 36.4 Å². The van der Waals surface area contributed by atoms with Crippen molar-refractivity contribution in [1.29, 1.82) is 0 Å². The van der Waals surface area contributed by atoms with Crippen LogP contribution in [0.2, 0.25) is 20.1 Å². The minimum absolute atomic E-state index is 0.00239. The maximum atomic E-state index is 11.9. The monoisotopic (exact) mass is 362 g/mol. The van der Waals surface area contributed by atoms with Gasteiger partial charge in [-0.1, -0.05) is 52.5 Å². The highest BCUT2D eigenvalue weighted by Gasteiger charge is 2.09. The first-order valence-electron chi connectivity index (χ1n) is 5.90. The summed E-state index contributed by atoms with van der Waals surface area (Å²) in [6, 6.07) is 9.92. The van der Waals surface area contributed by atoms with Crippen molar-refractivity contribution in [2.45, 2.75) is 0 Å². The number of anilines is 2. The van der Waals surface area contributed by atoms with Crippen molar-refractivity contribution in [3.63, 3.8) is 0 Å². The fourth-order valence-corrected chi connectivity index (χ4v) is 2.61. The fourth-order valence-electron chi connectivity index (χ4n) is 1.62. The van der Waals surface area contributed by atoms with Gasteiger partial charge < -0.3 is 10.6 Å². The molecule has 0 aliphatic heterocycles. The number of benzene rings is 2. The van der Waals surface area contributed by atoms with Crippen LogP contribution in [-0.2, 0) is 4.79 Å². The molecule has 0 bridgehead atoms. The summed E-state index contributed by atoms with van der Waals surface area (Å²) in [5.74, 6) is -0.282. The van der Waals surface area contributed by atoms with E-state index in [-0.39, 0.29) is 12.5 Å². The Hall–Kier alpha value is -1.13. The molecule has 7 heteroatoms. The van der Waals surface area contributed by atoms with Gasteiger partial charge >= 0.3 is 0 Å².